The molecule has 240 valence electrons. The van der Waals surface area contributed by atoms with E-state index in [2.05, 4.69) is 41.9 Å². The zero-order chi connectivity index (χ0) is 32.0. The van der Waals surface area contributed by atoms with E-state index in [4.69, 9.17) is 9.47 Å². The Morgan fingerprint density at radius 2 is 1.91 bits per heavy atom. The van der Waals surface area contributed by atoms with Gasteiger partial charge < -0.3 is 24.9 Å². The van der Waals surface area contributed by atoms with Crippen molar-refractivity contribution in [1.29, 1.82) is 0 Å². The first-order chi connectivity index (χ1) is 20.9. The van der Waals surface area contributed by atoms with Gasteiger partial charge in [0.25, 0.3) is 5.69 Å². The standard InChI is InChI=1S/C34H46N2O8/c1-6-34(4,5)33(40)43-29-17-21(2)16-24-13-12-22(3)27(31(24)29)15-14-25(37)18-26(38)19-30(39)42-20-28-32(35-44-36(28)41)23-10-8-7-9-11-23/h7-13,16,21-22,25-27,29,31,37-38H,6,14-15,17-20H2,1-5H3/t21-,22-,25+,26+,27-,29-,31-/m0/s1. The third-order valence-corrected chi connectivity index (χ3v) is 9.19. The SMILES string of the molecule is CCC(C)(C)C(=O)O[C@H]1C[C@@H](C)C=C2C=C[C@H](C)[C@H](CC[C@@H](O)C[C@@H](O)CC(=O)OCc3c(-c4ccccc4)no[n+]3[O-])[C@H]21. The van der Waals surface area contributed by atoms with Crippen LogP contribution in [-0.2, 0) is 25.7 Å². The molecule has 1 aromatic carbocycles. The second kappa shape index (κ2) is 14.5. The quantitative estimate of drug-likeness (QED) is 0.235. The van der Waals surface area contributed by atoms with Crippen molar-refractivity contribution < 1.29 is 38.8 Å². The number of nitrogens with zero attached hydrogens (tertiary/aromatic N) is 2. The first-order valence-corrected chi connectivity index (χ1v) is 15.7. The minimum atomic E-state index is -1.12. The molecule has 0 fully saturated rings. The molecule has 0 saturated heterocycles. The highest BCUT2D eigenvalue weighted by Crippen LogP contribution is 2.45. The summed E-state index contributed by atoms with van der Waals surface area (Å²) in [6.45, 7) is 9.72. The maximum Gasteiger partial charge on any atom is 0.311 e. The molecule has 2 N–H and O–H groups in total. The third kappa shape index (κ3) is 8.15. The lowest BCUT2D eigenvalue weighted by Gasteiger charge is -2.44. The number of hydrogen-bond donors (Lipinski definition) is 2. The van der Waals surface area contributed by atoms with E-state index in [0.717, 1.165) is 6.42 Å². The van der Waals surface area contributed by atoms with Crippen LogP contribution < -0.4 is 4.90 Å². The van der Waals surface area contributed by atoms with E-state index in [9.17, 15) is 25.0 Å². The van der Waals surface area contributed by atoms with Gasteiger partial charge in [-0.2, -0.15) is 0 Å². The lowest BCUT2D eigenvalue weighted by molar-refractivity contribution is -0.808. The Labute approximate surface area is 259 Å². The summed E-state index contributed by atoms with van der Waals surface area (Å²) < 4.78 is 16.1. The molecular formula is C34H46N2O8. The molecule has 0 radical (unpaired) electrons. The van der Waals surface area contributed by atoms with Gasteiger partial charge >= 0.3 is 11.9 Å². The summed E-state index contributed by atoms with van der Waals surface area (Å²) in [6.07, 6.45) is 6.62. The van der Waals surface area contributed by atoms with E-state index >= 15 is 0 Å². The van der Waals surface area contributed by atoms with Gasteiger partial charge in [0.15, 0.2) is 6.61 Å². The van der Waals surface area contributed by atoms with Gasteiger partial charge in [0.1, 0.15) is 6.10 Å². The normalized spacial score (nSPS) is 24.6. The fraction of sp³-hybridized carbons (Fsp3) is 0.588. The van der Waals surface area contributed by atoms with Crippen LogP contribution in [0.5, 0.6) is 0 Å². The number of aliphatic hydroxyl groups excluding tert-OH is 2. The predicted octanol–water partition coefficient (Wildman–Crippen LogP) is 5.05. The van der Waals surface area contributed by atoms with E-state index in [-0.39, 0.29) is 71.5 Å². The zero-order valence-corrected chi connectivity index (χ0v) is 26.3. The van der Waals surface area contributed by atoms with Gasteiger partial charge in [0, 0.05) is 16.6 Å². The van der Waals surface area contributed by atoms with Crippen molar-refractivity contribution in [2.24, 2.45) is 29.1 Å². The van der Waals surface area contributed by atoms with Crippen LogP contribution in [0.15, 0.2) is 58.8 Å². The van der Waals surface area contributed by atoms with Crippen LogP contribution in [-0.4, -0.2) is 45.6 Å². The number of allylic oxidation sites excluding steroid dienone is 3. The van der Waals surface area contributed by atoms with E-state index in [1.807, 2.05) is 26.8 Å². The fourth-order valence-corrected chi connectivity index (χ4v) is 6.17. The van der Waals surface area contributed by atoms with Crippen molar-refractivity contribution in [2.75, 3.05) is 0 Å². The monoisotopic (exact) mass is 610 g/mol. The Kier molecular flexibility index (Phi) is 11.0. The molecule has 10 heteroatoms. The van der Waals surface area contributed by atoms with E-state index < -0.39 is 23.6 Å². The van der Waals surface area contributed by atoms with Gasteiger partial charge in [0.2, 0.25) is 5.69 Å². The topological polar surface area (TPSA) is 146 Å². The van der Waals surface area contributed by atoms with Crippen molar-refractivity contribution in [2.45, 2.75) is 98.1 Å². The minimum Gasteiger partial charge on any atom is -0.461 e. The van der Waals surface area contributed by atoms with Crippen molar-refractivity contribution in [3.63, 3.8) is 0 Å². The third-order valence-electron chi connectivity index (χ3n) is 9.19. The summed E-state index contributed by atoms with van der Waals surface area (Å²) in [6, 6.07) is 8.91. The molecule has 44 heavy (non-hydrogen) atoms. The Morgan fingerprint density at radius 1 is 1.18 bits per heavy atom. The minimum absolute atomic E-state index is 0.00360. The number of fused-ring (bicyclic) bond motifs is 1. The number of aromatic nitrogens is 2. The van der Waals surface area contributed by atoms with Crippen molar-refractivity contribution in [3.05, 3.63) is 65.0 Å². The molecule has 7 atom stereocenters. The summed E-state index contributed by atoms with van der Waals surface area (Å²) in [5.74, 6) is -0.186. The summed E-state index contributed by atoms with van der Waals surface area (Å²) in [5, 5.41) is 37.2. The summed E-state index contributed by atoms with van der Waals surface area (Å²) in [4.78, 5) is 25.7. The molecule has 1 aromatic heterocycles. The van der Waals surface area contributed by atoms with Crippen LogP contribution >= 0.6 is 0 Å². The van der Waals surface area contributed by atoms with E-state index in [1.54, 1.807) is 24.3 Å². The number of ether oxygens (including phenoxy) is 2. The number of rotatable bonds is 13. The molecule has 0 saturated carbocycles. The lowest BCUT2D eigenvalue weighted by atomic mass is 9.65. The van der Waals surface area contributed by atoms with E-state index in [1.165, 1.54) is 5.57 Å². The smallest absolute Gasteiger partial charge is 0.311 e. The first kappa shape index (κ1) is 33.4. The molecule has 0 unspecified atom stereocenters. The molecule has 4 rings (SSSR count). The van der Waals surface area contributed by atoms with Crippen molar-refractivity contribution in [1.82, 2.24) is 5.16 Å². The first-order valence-electron chi connectivity index (χ1n) is 15.7. The molecule has 0 spiro atoms. The number of aliphatic hydroxyl groups is 2. The van der Waals surface area contributed by atoms with E-state index in [0.29, 0.717) is 24.8 Å². The fourth-order valence-electron chi connectivity index (χ4n) is 6.17. The molecule has 2 aliphatic rings. The van der Waals surface area contributed by atoms with Gasteiger partial charge in [-0.05, 0) is 74.2 Å². The van der Waals surface area contributed by atoms with Crippen molar-refractivity contribution >= 4 is 11.9 Å². The Balaban J connectivity index is 1.30. The summed E-state index contributed by atoms with van der Waals surface area (Å²) in [5.41, 5.74) is 1.58. The van der Waals surface area contributed by atoms with Crippen LogP contribution in [0.25, 0.3) is 11.3 Å². The predicted molar refractivity (Wildman–Crippen MR) is 162 cm³/mol. The number of carbonyl (C=O) groups is 2. The Morgan fingerprint density at radius 3 is 2.61 bits per heavy atom. The molecule has 2 aliphatic carbocycles. The molecule has 10 nitrogen and oxygen atoms in total. The lowest BCUT2D eigenvalue weighted by Crippen LogP contribution is -2.43. The highest BCUT2D eigenvalue weighted by atomic mass is 16.8. The van der Waals surface area contributed by atoms with Gasteiger partial charge in [-0.15, -0.1) is 0 Å². The number of esters is 2. The van der Waals surface area contributed by atoms with Crippen molar-refractivity contribution in [3.8, 4) is 11.3 Å². The highest BCUT2D eigenvalue weighted by Gasteiger charge is 2.43. The number of benzene rings is 1. The molecular weight excluding hydrogens is 564 g/mol. The Bertz CT molecular complexity index is 1330. The number of carbonyl (C=O) groups excluding carboxylic acids is 2. The highest BCUT2D eigenvalue weighted by molar-refractivity contribution is 5.76. The Hall–Kier alpha value is -3.50. The molecule has 2 aromatic rings. The maximum atomic E-state index is 13.0. The van der Waals surface area contributed by atoms with Crippen LogP contribution in [0.3, 0.4) is 0 Å². The average Bonchev–Trinajstić information content (AvgIpc) is 3.35. The van der Waals surface area contributed by atoms with Gasteiger partial charge in [-0.25, -0.2) is 0 Å². The van der Waals surface area contributed by atoms with Gasteiger partial charge in [-0.1, -0.05) is 69.3 Å². The van der Waals surface area contributed by atoms with Crippen LogP contribution in [0.4, 0.5) is 0 Å². The van der Waals surface area contributed by atoms with Crippen LogP contribution in [0.1, 0.15) is 78.8 Å². The number of hydrogen-bond acceptors (Lipinski definition) is 9. The summed E-state index contributed by atoms with van der Waals surface area (Å²) >= 11 is 0. The zero-order valence-electron chi connectivity index (χ0n) is 26.3. The maximum absolute atomic E-state index is 13.0. The van der Waals surface area contributed by atoms with Crippen LogP contribution in [0, 0.1) is 34.3 Å². The molecule has 1 heterocycles. The van der Waals surface area contributed by atoms with Gasteiger partial charge in [0.05, 0.1) is 24.0 Å². The molecule has 0 amide bonds. The molecule has 0 aliphatic heterocycles. The van der Waals surface area contributed by atoms with Crippen LogP contribution in [0.2, 0.25) is 0 Å². The average molecular weight is 611 g/mol. The second-order valence-corrected chi connectivity index (χ2v) is 13.0. The van der Waals surface area contributed by atoms with Gasteiger partial charge in [-0.3, -0.25) is 14.2 Å². The molecule has 0 bridgehead atoms. The largest absolute Gasteiger partial charge is 0.461 e. The second-order valence-electron chi connectivity index (χ2n) is 13.0. The summed E-state index contributed by atoms with van der Waals surface area (Å²) in [7, 11) is 0.